The molecule has 0 saturated heterocycles. The van der Waals surface area contributed by atoms with Gasteiger partial charge in [-0.3, -0.25) is 9.59 Å². The van der Waals surface area contributed by atoms with Crippen LogP contribution in [0, 0.1) is 0 Å². The van der Waals surface area contributed by atoms with Crippen molar-refractivity contribution in [3.05, 3.63) is 87.4 Å². The maximum Gasteiger partial charge on any atom is 0.293 e. The lowest BCUT2D eigenvalue weighted by Crippen LogP contribution is -2.35. The van der Waals surface area contributed by atoms with Crippen LogP contribution in [0.3, 0.4) is 0 Å². The molecular weight excluding hydrogens is 434 g/mol. The number of carbonyl (C=O) groups is 1. The number of nitrogens with zero attached hydrogens (tertiary/aromatic N) is 4. The number of amides is 1. The number of nitrogens with one attached hydrogen (secondary N) is 1. The fraction of sp³-hybridized carbons (Fsp3) is 0.143. The molecule has 0 spiro atoms. The molecule has 4 rings (SSSR count). The fourth-order valence-electron chi connectivity index (χ4n) is 3.06. The molecule has 29 heavy (non-hydrogen) atoms. The van der Waals surface area contributed by atoms with Gasteiger partial charge in [0, 0.05) is 10.0 Å². The minimum atomic E-state index is -0.370. The number of rotatable bonds is 5. The quantitative estimate of drug-likeness (QED) is 0.505. The summed E-state index contributed by atoms with van der Waals surface area (Å²) < 4.78 is 3.54. The molecule has 1 unspecified atom stereocenters. The first kappa shape index (κ1) is 19.1. The van der Waals surface area contributed by atoms with E-state index in [0.717, 1.165) is 20.3 Å². The SMILES string of the molecule is CC(NC(=O)Cn1ncn2nc(-c3ccc(Br)cc3)cc2c1=O)c1ccccc1. The minimum absolute atomic E-state index is 0.161. The second kappa shape index (κ2) is 8.00. The van der Waals surface area contributed by atoms with Crippen LogP contribution in [0.25, 0.3) is 16.8 Å². The lowest BCUT2D eigenvalue weighted by Gasteiger charge is -2.14. The van der Waals surface area contributed by atoms with Crippen LogP contribution in [0.2, 0.25) is 0 Å². The van der Waals surface area contributed by atoms with E-state index < -0.39 is 0 Å². The topological polar surface area (TPSA) is 81.3 Å². The predicted octanol–water partition coefficient (Wildman–Crippen LogP) is 3.20. The van der Waals surface area contributed by atoms with Crippen LogP contribution in [-0.2, 0) is 11.3 Å². The second-order valence-electron chi connectivity index (χ2n) is 6.66. The third-order valence-electron chi connectivity index (χ3n) is 4.60. The fourth-order valence-corrected chi connectivity index (χ4v) is 3.32. The molecule has 1 atom stereocenters. The van der Waals surface area contributed by atoms with E-state index in [1.165, 1.54) is 10.8 Å². The molecule has 146 valence electrons. The summed E-state index contributed by atoms with van der Waals surface area (Å²) in [7, 11) is 0. The summed E-state index contributed by atoms with van der Waals surface area (Å²) in [6.45, 7) is 1.74. The standard InChI is InChI=1S/C21H18BrN5O2/c1-14(15-5-3-2-4-6-15)24-20(28)12-26-21(29)19-11-18(25-27(19)13-23-26)16-7-9-17(22)10-8-16/h2-11,13-14H,12H2,1H3,(H,24,28). The van der Waals surface area contributed by atoms with Gasteiger partial charge in [0.25, 0.3) is 5.56 Å². The number of carbonyl (C=O) groups excluding carboxylic acids is 1. The molecule has 2 aromatic carbocycles. The Labute approximate surface area is 175 Å². The molecule has 2 aromatic heterocycles. The Kier molecular flexibility index (Phi) is 5.26. The number of benzene rings is 2. The molecular formula is C21H18BrN5O2. The van der Waals surface area contributed by atoms with E-state index >= 15 is 0 Å². The summed E-state index contributed by atoms with van der Waals surface area (Å²) in [6, 6.07) is 18.8. The van der Waals surface area contributed by atoms with E-state index in [2.05, 4.69) is 31.4 Å². The van der Waals surface area contributed by atoms with Gasteiger partial charge in [-0.25, -0.2) is 9.20 Å². The molecule has 0 radical (unpaired) electrons. The zero-order valence-electron chi connectivity index (χ0n) is 15.6. The van der Waals surface area contributed by atoms with Gasteiger partial charge in [-0.05, 0) is 30.7 Å². The highest BCUT2D eigenvalue weighted by atomic mass is 79.9. The van der Waals surface area contributed by atoms with E-state index in [1.807, 2.05) is 61.5 Å². The van der Waals surface area contributed by atoms with Crippen molar-refractivity contribution in [2.45, 2.75) is 19.5 Å². The van der Waals surface area contributed by atoms with Crippen molar-refractivity contribution in [3.8, 4) is 11.3 Å². The lowest BCUT2D eigenvalue weighted by atomic mass is 10.1. The van der Waals surface area contributed by atoms with Gasteiger partial charge >= 0.3 is 0 Å². The minimum Gasteiger partial charge on any atom is -0.348 e. The Bertz CT molecular complexity index is 1220. The molecule has 1 N–H and O–H groups in total. The largest absolute Gasteiger partial charge is 0.348 e. The first-order valence-corrected chi connectivity index (χ1v) is 9.86. The van der Waals surface area contributed by atoms with Crippen molar-refractivity contribution in [3.63, 3.8) is 0 Å². The zero-order valence-corrected chi connectivity index (χ0v) is 17.2. The van der Waals surface area contributed by atoms with E-state index in [9.17, 15) is 9.59 Å². The van der Waals surface area contributed by atoms with Gasteiger partial charge in [-0.15, -0.1) is 0 Å². The van der Waals surface area contributed by atoms with Crippen LogP contribution >= 0.6 is 15.9 Å². The molecule has 7 nitrogen and oxygen atoms in total. The van der Waals surface area contributed by atoms with Crippen LogP contribution in [-0.4, -0.2) is 25.3 Å². The molecule has 2 heterocycles. The maximum absolute atomic E-state index is 12.8. The van der Waals surface area contributed by atoms with Crippen molar-refractivity contribution in [2.24, 2.45) is 0 Å². The third-order valence-corrected chi connectivity index (χ3v) is 5.13. The predicted molar refractivity (Wildman–Crippen MR) is 113 cm³/mol. The van der Waals surface area contributed by atoms with Crippen molar-refractivity contribution in [1.29, 1.82) is 0 Å². The number of aromatic nitrogens is 4. The first-order chi connectivity index (χ1) is 14.0. The van der Waals surface area contributed by atoms with Gasteiger partial charge in [0.1, 0.15) is 18.4 Å². The molecule has 0 aliphatic heterocycles. The monoisotopic (exact) mass is 451 g/mol. The normalized spacial score (nSPS) is 12.1. The first-order valence-electron chi connectivity index (χ1n) is 9.07. The van der Waals surface area contributed by atoms with Gasteiger partial charge in [0.2, 0.25) is 5.91 Å². The Morgan fingerprint density at radius 3 is 2.59 bits per heavy atom. The maximum atomic E-state index is 12.8. The summed E-state index contributed by atoms with van der Waals surface area (Å²) in [5.74, 6) is -0.284. The molecule has 8 heteroatoms. The molecule has 0 fully saturated rings. The van der Waals surface area contributed by atoms with Gasteiger partial charge < -0.3 is 5.32 Å². The van der Waals surface area contributed by atoms with Crippen LogP contribution < -0.4 is 10.9 Å². The number of fused-ring (bicyclic) bond motifs is 1. The van der Waals surface area contributed by atoms with Crippen LogP contribution in [0.15, 0.2) is 76.3 Å². The average molecular weight is 452 g/mol. The molecule has 0 saturated carbocycles. The Morgan fingerprint density at radius 1 is 1.14 bits per heavy atom. The summed E-state index contributed by atoms with van der Waals surface area (Å²) in [5, 5.41) is 11.4. The third kappa shape index (κ3) is 4.12. The second-order valence-corrected chi connectivity index (χ2v) is 7.58. The van der Waals surface area contributed by atoms with Crippen LogP contribution in [0.1, 0.15) is 18.5 Å². The highest BCUT2D eigenvalue weighted by molar-refractivity contribution is 9.10. The van der Waals surface area contributed by atoms with Crippen LogP contribution in [0.5, 0.6) is 0 Å². The molecule has 1 amide bonds. The molecule has 0 bridgehead atoms. The van der Waals surface area contributed by atoms with E-state index in [1.54, 1.807) is 6.07 Å². The van der Waals surface area contributed by atoms with Crippen molar-refractivity contribution < 1.29 is 4.79 Å². The number of halogens is 1. The molecule has 0 aliphatic carbocycles. The van der Waals surface area contributed by atoms with E-state index in [4.69, 9.17) is 0 Å². The van der Waals surface area contributed by atoms with Gasteiger partial charge in [-0.2, -0.15) is 10.2 Å². The Morgan fingerprint density at radius 2 is 1.86 bits per heavy atom. The Hall–Kier alpha value is -3.26. The summed E-state index contributed by atoms with van der Waals surface area (Å²) in [6.07, 6.45) is 1.44. The van der Waals surface area contributed by atoms with Gasteiger partial charge in [0.05, 0.1) is 11.7 Å². The summed E-state index contributed by atoms with van der Waals surface area (Å²) in [5.41, 5.74) is 2.54. The van der Waals surface area contributed by atoms with Crippen molar-refractivity contribution in [1.82, 2.24) is 24.7 Å². The van der Waals surface area contributed by atoms with Gasteiger partial charge in [-0.1, -0.05) is 58.4 Å². The number of hydrogen-bond donors (Lipinski definition) is 1. The number of hydrogen-bond acceptors (Lipinski definition) is 4. The molecule has 4 aromatic rings. The van der Waals surface area contributed by atoms with Crippen molar-refractivity contribution >= 4 is 27.4 Å². The van der Waals surface area contributed by atoms with E-state index in [-0.39, 0.29) is 24.1 Å². The lowest BCUT2D eigenvalue weighted by molar-refractivity contribution is -0.122. The van der Waals surface area contributed by atoms with Gasteiger partial charge in [0.15, 0.2) is 0 Å². The summed E-state index contributed by atoms with van der Waals surface area (Å²) in [4.78, 5) is 25.2. The average Bonchev–Trinajstić information content (AvgIpc) is 3.16. The highest BCUT2D eigenvalue weighted by Gasteiger charge is 2.14. The van der Waals surface area contributed by atoms with Crippen molar-refractivity contribution in [2.75, 3.05) is 0 Å². The highest BCUT2D eigenvalue weighted by Crippen LogP contribution is 2.20. The smallest absolute Gasteiger partial charge is 0.293 e. The Balaban J connectivity index is 1.55. The zero-order chi connectivity index (χ0) is 20.4. The van der Waals surface area contributed by atoms with Crippen LogP contribution in [0.4, 0.5) is 0 Å². The molecule has 0 aliphatic rings. The summed E-state index contributed by atoms with van der Waals surface area (Å²) >= 11 is 3.40. The van der Waals surface area contributed by atoms with E-state index in [0.29, 0.717) is 11.2 Å².